The molecule has 0 radical (unpaired) electrons. The molecule has 0 spiro atoms. The van der Waals surface area contributed by atoms with Gasteiger partial charge in [0.15, 0.2) is 5.78 Å². The van der Waals surface area contributed by atoms with E-state index in [-0.39, 0.29) is 0 Å². The smallest absolute Gasteiger partial charge is 0.409 e. The number of ether oxygens (including phenoxy) is 1. The number of para-hydroxylation sites is 1. The molecule has 0 unspecified atom stereocenters. The maximum Gasteiger partial charge on any atom is 0.409 e. The monoisotopic (exact) mass is 512 g/mol. The number of fused-ring (bicyclic) bond motifs is 1. The van der Waals surface area contributed by atoms with E-state index in [0.717, 1.165) is 5.56 Å². The van der Waals surface area contributed by atoms with Crippen LogP contribution in [-0.4, -0.2) is 30.4 Å². The Morgan fingerprint density at radius 1 is 1.03 bits per heavy atom. The molecule has 1 N–H and O–H groups in total. The second-order valence-electron chi connectivity index (χ2n) is 9.71. The largest absolute Gasteiger partial charge is 0.444 e. The second kappa shape index (κ2) is 12.7. The predicted molar refractivity (Wildman–Crippen MR) is 146 cm³/mol. The zero-order valence-electron chi connectivity index (χ0n) is 22.1. The molecule has 6 nitrogen and oxygen atoms in total. The molecule has 36 heavy (non-hydrogen) atoms. The second-order valence-corrected chi connectivity index (χ2v) is 10.2. The van der Waals surface area contributed by atoms with Crippen molar-refractivity contribution in [3.8, 4) is 0 Å². The minimum atomic E-state index is -1.91. The van der Waals surface area contributed by atoms with Crippen molar-refractivity contribution < 1.29 is 19.1 Å². The summed E-state index contributed by atoms with van der Waals surface area (Å²) in [7, 11) is 1.57. The molecule has 2 amide bonds. The number of hydrogen-bond acceptors (Lipinski definition) is 4. The Morgan fingerprint density at radius 3 is 2.17 bits per heavy atom. The van der Waals surface area contributed by atoms with E-state index in [2.05, 4.69) is 19.2 Å². The normalized spacial score (nSPS) is 16.9. The van der Waals surface area contributed by atoms with Gasteiger partial charge in [-0.25, -0.2) is 4.79 Å². The number of ketones is 1. The lowest BCUT2D eigenvalue weighted by Crippen LogP contribution is -2.58. The van der Waals surface area contributed by atoms with Crippen molar-refractivity contribution in [3.05, 3.63) is 70.8 Å². The standard InChI is InChI=1S/C23H23ClN2O4.C6H14/c1-22(2,3)30-21(29)25-23(17-7-5-6-8-18(17)26(4)20(23)28)19(27)14-11-15-9-12-16(24)13-10-15;1-3-5-6-4-2/h5-14H,1-4H3,(H,25,29);3-6H2,1-2H3/b14-11+;/t23-;/m1./s1. The van der Waals surface area contributed by atoms with Crippen molar-refractivity contribution in [1.82, 2.24) is 5.32 Å². The molecule has 3 rings (SSSR count). The maximum absolute atomic E-state index is 13.4. The molecule has 0 aliphatic carbocycles. The summed E-state index contributed by atoms with van der Waals surface area (Å²) in [5, 5.41) is 3.13. The number of rotatable bonds is 7. The van der Waals surface area contributed by atoms with Crippen molar-refractivity contribution in [2.45, 2.75) is 71.4 Å². The van der Waals surface area contributed by atoms with Crippen molar-refractivity contribution in [1.29, 1.82) is 0 Å². The fourth-order valence-corrected chi connectivity index (χ4v) is 3.93. The number of likely N-dealkylation sites (N-methyl/N-ethyl adjacent to an activating group) is 1. The SMILES string of the molecule is CCCCCC.CN1C(=O)[C@](NC(=O)OC(C)(C)C)(C(=O)/C=C/c2ccc(Cl)cc2)c2ccccc21. The number of nitrogens with zero attached hydrogens (tertiary/aromatic N) is 1. The Morgan fingerprint density at radius 2 is 1.61 bits per heavy atom. The number of nitrogens with one attached hydrogen (secondary N) is 1. The van der Waals surface area contributed by atoms with Crippen molar-refractivity contribution >= 4 is 41.1 Å². The van der Waals surface area contributed by atoms with Gasteiger partial charge in [-0.1, -0.05) is 87.5 Å². The van der Waals surface area contributed by atoms with Crippen LogP contribution in [0.5, 0.6) is 0 Å². The predicted octanol–water partition coefficient (Wildman–Crippen LogP) is 6.91. The lowest BCUT2D eigenvalue weighted by molar-refractivity contribution is -0.133. The van der Waals surface area contributed by atoms with Crippen LogP contribution >= 0.6 is 11.6 Å². The van der Waals surface area contributed by atoms with Crippen LogP contribution in [0.25, 0.3) is 6.08 Å². The molecule has 1 heterocycles. The molecule has 0 bridgehead atoms. The number of carbonyl (C=O) groups excluding carboxylic acids is 3. The Hall–Kier alpha value is -3.12. The first-order chi connectivity index (χ1) is 17.0. The van der Waals surface area contributed by atoms with Gasteiger partial charge in [-0.05, 0) is 50.6 Å². The average Bonchev–Trinajstić information content (AvgIpc) is 3.04. The van der Waals surface area contributed by atoms with Crippen LogP contribution in [0.15, 0.2) is 54.6 Å². The third kappa shape index (κ3) is 7.20. The highest BCUT2D eigenvalue weighted by atomic mass is 35.5. The quantitative estimate of drug-likeness (QED) is 0.248. The molecule has 1 atom stereocenters. The van der Waals surface area contributed by atoms with Gasteiger partial charge in [-0.2, -0.15) is 0 Å². The fourth-order valence-electron chi connectivity index (χ4n) is 3.81. The van der Waals surface area contributed by atoms with Crippen molar-refractivity contribution in [2.24, 2.45) is 0 Å². The third-order valence-electron chi connectivity index (χ3n) is 5.61. The first kappa shape index (κ1) is 29.1. The Kier molecular flexibility index (Phi) is 10.3. The van der Waals surface area contributed by atoms with Gasteiger partial charge in [0.2, 0.25) is 5.54 Å². The first-order valence-corrected chi connectivity index (χ1v) is 12.7. The molecular formula is C29H37ClN2O4. The van der Waals surface area contributed by atoms with E-state index >= 15 is 0 Å². The Labute approximate surface area is 219 Å². The summed E-state index contributed by atoms with van der Waals surface area (Å²) < 4.78 is 5.34. The van der Waals surface area contributed by atoms with E-state index in [1.807, 2.05) is 0 Å². The zero-order chi connectivity index (χ0) is 26.9. The molecule has 7 heteroatoms. The number of unbranched alkanes of at least 4 members (excludes halogenated alkanes) is 3. The highest BCUT2D eigenvalue weighted by Crippen LogP contribution is 2.40. The van der Waals surface area contributed by atoms with E-state index < -0.39 is 28.9 Å². The Bertz CT molecular complexity index is 1090. The lowest BCUT2D eigenvalue weighted by Gasteiger charge is -2.29. The maximum atomic E-state index is 13.4. The minimum absolute atomic E-state index is 0.397. The third-order valence-corrected chi connectivity index (χ3v) is 5.86. The number of amides is 2. The highest BCUT2D eigenvalue weighted by Gasteiger charge is 2.56. The number of carbonyl (C=O) groups is 3. The fraction of sp³-hybridized carbons (Fsp3) is 0.414. The van der Waals surface area contributed by atoms with E-state index in [1.165, 1.54) is 36.7 Å². The molecule has 1 aliphatic heterocycles. The van der Waals surface area contributed by atoms with E-state index in [4.69, 9.17) is 16.3 Å². The molecule has 2 aromatic carbocycles. The van der Waals surface area contributed by atoms with Gasteiger partial charge >= 0.3 is 6.09 Å². The highest BCUT2D eigenvalue weighted by molar-refractivity contribution is 6.30. The van der Waals surface area contributed by atoms with Crippen LogP contribution in [0, 0.1) is 0 Å². The van der Waals surface area contributed by atoms with Gasteiger partial charge in [0.05, 0.1) is 0 Å². The average molecular weight is 513 g/mol. The zero-order valence-corrected chi connectivity index (χ0v) is 22.8. The molecule has 1 aliphatic rings. The number of alkyl carbamates (subject to hydrolysis) is 1. The van der Waals surface area contributed by atoms with Crippen LogP contribution in [0.2, 0.25) is 5.02 Å². The van der Waals surface area contributed by atoms with E-state index in [9.17, 15) is 14.4 Å². The van der Waals surface area contributed by atoms with Crippen LogP contribution in [0.1, 0.15) is 71.4 Å². The van der Waals surface area contributed by atoms with Crippen LogP contribution in [0.4, 0.5) is 10.5 Å². The molecule has 0 saturated heterocycles. The molecule has 2 aromatic rings. The van der Waals surface area contributed by atoms with Crippen molar-refractivity contribution in [3.63, 3.8) is 0 Å². The molecule has 0 fully saturated rings. The molecule has 0 saturated carbocycles. The molecular weight excluding hydrogens is 476 g/mol. The summed E-state index contributed by atoms with van der Waals surface area (Å²) in [6, 6.07) is 13.7. The minimum Gasteiger partial charge on any atom is -0.444 e. The topological polar surface area (TPSA) is 75.7 Å². The number of halogens is 1. The van der Waals surface area contributed by atoms with Crippen LogP contribution in [0.3, 0.4) is 0 Å². The number of anilines is 1. The summed E-state index contributed by atoms with van der Waals surface area (Å²) in [6.07, 6.45) is 7.54. The van der Waals surface area contributed by atoms with E-state index in [0.29, 0.717) is 16.3 Å². The van der Waals surface area contributed by atoms with Crippen molar-refractivity contribution in [2.75, 3.05) is 11.9 Å². The van der Waals surface area contributed by atoms with Gasteiger partial charge in [0.25, 0.3) is 5.91 Å². The molecule has 0 aromatic heterocycles. The summed E-state index contributed by atoms with van der Waals surface area (Å²) in [6.45, 7) is 9.58. The van der Waals surface area contributed by atoms with Crippen LogP contribution < -0.4 is 10.2 Å². The van der Waals surface area contributed by atoms with Crippen LogP contribution in [-0.2, 0) is 19.9 Å². The van der Waals surface area contributed by atoms with E-state index in [1.54, 1.807) is 82.4 Å². The van der Waals surface area contributed by atoms with Gasteiger partial charge in [0, 0.05) is 23.3 Å². The number of benzene rings is 2. The summed E-state index contributed by atoms with van der Waals surface area (Å²) in [4.78, 5) is 40.6. The van der Waals surface area contributed by atoms with Gasteiger partial charge < -0.3 is 9.64 Å². The lowest BCUT2D eigenvalue weighted by atomic mass is 9.86. The first-order valence-electron chi connectivity index (χ1n) is 12.3. The van der Waals surface area contributed by atoms with Gasteiger partial charge in [-0.3, -0.25) is 14.9 Å². The van der Waals surface area contributed by atoms with Gasteiger partial charge in [0.1, 0.15) is 5.60 Å². The van der Waals surface area contributed by atoms with Gasteiger partial charge in [-0.15, -0.1) is 0 Å². The summed E-state index contributed by atoms with van der Waals surface area (Å²) in [5.41, 5.74) is -1.02. The summed E-state index contributed by atoms with van der Waals surface area (Å²) >= 11 is 5.90. The number of hydrogen-bond donors (Lipinski definition) is 1. The Balaban J connectivity index is 0.000000678. The summed E-state index contributed by atoms with van der Waals surface area (Å²) in [5.74, 6) is -1.13. The molecule has 194 valence electrons.